The van der Waals surface area contributed by atoms with Crippen molar-refractivity contribution in [1.29, 1.82) is 0 Å². The minimum absolute atomic E-state index is 0.0206. The van der Waals surface area contributed by atoms with Crippen molar-refractivity contribution in [2.45, 2.75) is 13.0 Å². The maximum atomic E-state index is 11.1. The molecule has 12 heavy (non-hydrogen) atoms. The van der Waals surface area contributed by atoms with E-state index in [4.69, 9.17) is 11.5 Å². The molecule has 0 saturated carbocycles. The first-order valence-corrected chi connectivity index (χ1v) is 3.77. The molecule has 0 saturated heterocycles. The van der Waals surface area contributed by atoms with Crippen LogP contribution in [0.1, 0.15) is 6.92 Å². The van der Waals surface area contributed by atoms with Gasteiger partial charge in [0.1, 0.15) is 0 Å². The molecular formula is C8H14N2O2. The molecule has 1 atom stereocenters. The third-order valence-electron chi connectivity index (χ3n) is 1.32. The number of amides is 1. The van der Waals surface area contributed by atoms with Crippen LogP contribution in [0.3, 0.4) is 0 Å². The molecule has 68 valence electrons. The fourth-order valence-electron chi connectivity index (χ4n) is 0.665. The molecule has 0 aliphatic carbocycles. The molecule has 0 aromatic carbocycles. The van der Waals surface area contributed by atoms with E-state index < -0.39 is 0 Å². The van der Waals surface area contributed by atoms with Crippen molar-refractivity contribution in [3.63, 3.8) is 0 Å². The van der Waals surface area contributed by atoms with Crippen molar-refractivity contribution >= 4 is 5.91 Å². The molecule has 0 aromatic rings. The normalized spacial score (nSPS) is 11.8. The summed E-state index contributed by atoms with van der Waals surface area (Å²) in [6, 6.07) is -0.314. The number of aliphatic hydroxyl groups excluding tert-OH is 1. The van der Waals surface area contributed by atoms with Crippen LogP contribution in [0.5, 0.6) is 0 Å². The summed E-state index contributed by atoms with van der Waals surface area (Å²) in [6.45, 7) is 2.38. The van der Waals surface area contributed by atoms with Gasteiger partial charge in [-0.2, -0.15) is 0 Å². The van der Waals surface area contributed by atoms with Gasteiger partial charge in [-0.25, -0.2) is 0 Å². The predicted molar refractivity (Wildman–Crippen MR) is 46.4 cm³/mol. The number of nitrogens with one attached hydrogen (secondary N) is 2. The molecule has 0 aliphatic rings. The van der Waals surface area contributed by atoms with Gasteiger partial charge < -0.3 is 15.7 Å². The largest absolute Gasteiger partial charge is 0.395 e. The van der Waals surface area contributed by atoms with Gasteiger partial charge in [0.2, 0.25) is 5.91 Å². The average molecular weight is 170 g/mol. The zero-order valence-corrected chi connectivity index (χ0v) is 7.13. The summed E-state index contributed by atoms with van der Waals surface area (Å²) < 4.78 is 0. The summed E-state index contributed by atoms with van der Waals surface area (Å²) in [6.07, 6.45) is 4.95. The second-order valence-corrected chi connectivity index (χ2v) is 2.32. The molecule has 4 nitrogen and oxygen atoms in total. The minimum Gasteiger partial charge on any atom is -0.395 e. The topological polar surface area (TPSA) is 61.4 Å². The van der Waals surface area contributed by atoms with Crippen LogP contribution in [-0.2, 0) is 4.79 Å². The Kier molecular flexibility index (Phi) is 6.07. The summed E-state index contributed by atoms with van der Waals surface area (Å²) in [5.41, 5.74) is 0. The third kappa shape index (κ3) is 4.72. The lowest BCUT2D eigenvalue weighted by atomic mass is 10.3. The summed E-state index contributed by atoms with van der Waals surface area (Å²) in [4.78, 5) is 11.1. The fourth-order valence-corrected chi connectivity index (χ4v) is 0.665. The highest BCUT2D eigenvalue weighted by Gasteiger charge is 2.09. The Morgan fingerprint density at radius 3 is 2.92 bits per heavy atom. The van der Waals surface area contributed by atoms with E-state index in [0.29, 0.717) is 6.54 Å². The maximum Gasteiger partial charge on any atom is 0.237 e. The number of carbonyl (C=O) groups excluding carboxylic acids is 1. The van der Waals surface area contributed by atoms with Gasteiger partial charge in [0.25, 0.3) is 0 Å². The molecule has 0 radical (unpaired) electrons. The number of hydrogen-bond donors (Lipinski definition) is 3. The van der Waals surface area contributed by atoms with Gasteiger partial charge >= 0.3 is 0 Å². The van der Waals surface area contributed by atoms with E-state index in [1.54, 1.807) is 6.92 Å². The molecule has 0 heterocycles. The van der Waals surface area contributed by atoms with Gasteiger partial charge in [0.15, 0.2) is 0 Å². The molecule has 0 aromatic heterocycles. The van der Waals surface area contributed by atoms with E-state index >= 15 is 0 Å². The van der Waals surface area contributed by atoms with Crippen molar-refractivity contribution in [1.82, 2.24) is 10.6 Å². The lowest BCUT2D eigenvalue weighted by Gasteiger charge is -2.11. The van der Waals surface area contributed by atoms with E-state index in [1.807, 2.05) is 0 Å². The second kappa shape index (κ2) is 6.65. The zero-order chi connectivity index (χ0) is 9.40. The van der Waals surface area contributed by atoms with Crippen LogP contribution in [0.4, 0.5) is 0 Å². The molecule has 0 fully saturated rings. The van der Waals surface area contributed by atoms with E-state index in [1.165, 1.54) is 0 Å². The summed E-state index contributed by atoms with van der Waals surface area (Å²) in [5.74, 6) is 2.15. The maximum absolute atomic E-state index is 11.1. The lowest BCUT2D eigenvalue weighted by Crippen LogP contribution is -2.43. The van der Waals surface area contributed by atoms with Crippen LogP contribution in [0, 0.1) is 12.3 Å². The number of carbonyl (C=O) groups is 1. The Morgan fingerprint density at radius 1 is 1.75 bits per heavy atom. The van der Waals surface area contributed by atoms with Gasteiger partial charge in [-0.05, 0) is 6.92 Å². The molecule has 1 amide bonds. The van der Waals surface area contributed by atoms with E-state index in [0.717, 1.165) is 0 Å². The molecule has 0 rings (SSSR count). The highest BCUT2D eigenvalue weighted by molar-refractivity contribution is 5.81. The van der Waals surface area contributed by atoms with Gasteiger partial charge in [0.05, 0.1) is 19.2 Å². The Morgan fingerprint density at radius 2 is 2.42 bits per heavy atom. The number of hydrogen-bond acceptors (Lipinski definition) is 3. The Bertz CT molecular complexity index is 174. The molecule has 4 heteroatoms. The molecule has 0 spiro atoms. The van der Waals surface area contributed by atoms with Crippen molar-refractivity contribution in [2.75, 3.05) is 19.7 Å². The van der Waals surface area contributed by atoms with Crippen LogP contribution in [0.2, 0.25) is 0 Å². The van der Waals surface area contributed by atoms with Gasteiger partial charge in [-0.1, -0.05) is 5.92 Å². The molecule has 0 aliphatic heterocycles. The van der Waals surface area contributed by atoms with Crippen molar-refractivity contribution in [3.05, 3.63) is 0 Å². The third-order valence-corrected chi connectivity index (χ3v) is 1.32. The minimum atomic E-state index is -0.314. The Labute approximate surface area is 72.3 Å². The molecular weight excluding hydrogens is 156 g/mol. The lowest BCUT2D eigenvalue weighted by molar-refractivity contribution is -0.122. The van der Waals surface area contributed by atoms with Crippen LogP contribution < -0.4 is 10.6 Å². The van der Waals surface area contributed by atoms with Crippen LogP contribution in [-0.4, -0.2) is 36.8 Å². The van der Waals surface area contributed by atoms with E-state index in [-0.39, 0.29) is 25.1 Å². The SMILES string of the molecule is C#CCNC(=O)C(C)NCCO. The predicted octanol–water partition coefficient (Wildman–Crippen LogP) is -1.29. The van der Waals surface area contributed by atoms with Crippen molar-refractivity contribution < 1.29 is 9.90 Å². The Hall–Kier alpha value is -1.05. The first-order valence-electron chi connectivity index (χ1n) is 3.77. The first-order chi connectivity index (χ1) is 5.72. The quantitative estimate of drug-likeness (QED) is 0.450. The highest BCUT2D eigenvalue weighted by Crippen LogP contribution is 1.79. The van der Waals surface area contributed by atoms with Crippen molar-refractivity contribution in [3.8, 4) is 12.3 Å². The number of aliphatic hydroxyl groups is 1. The summed E-state index contributed by atoms with van der Waals surface area (Å²) in [5, 5.41) is 13.8. The van der Waals surface area contributed by atoms with Gasteiger partial charge in [-0.3, -0.25) is 4.79 Å². The Balaban J connectivity index is 3.55. The standard InChI is InChI=1S/C8H14N2O2/c1-3-4-10-8(12)7(2)9-5-6-11/h1,7,9,11H,4-6H2,2H3,(H,10,12). The average Bonchev–Trinajstić information content (AvgIpc) is 2.10. The van der Waals surface area contributed by atoms with Crippen LogP contribution in [0.15, 0.2) is 0 Å². The van der Waals surface area contributed by atoms with Crippen molar-refractivity contribution in [2.24, 2.45) is 0 Å². The van der Waals surface area contributed by atoms with Gasteiger partial charge in [-0.15, -0.1) is 6.42 Å². The number of rotatable bonds is 5. The van der Waals surface area contributed by atoms with E-state index in [9.17, 15) is 4.79 Å². The monoisotopic (exact) mass is 170 g/mol. The highest BCUT2D eigenvalue weighted by atomic mass is 16.3. The number of terminal acetylenes is 1. The zero-order valence-electron chi connectivity index (χ0n) is 7.13. The second-order valence-electron chi connectivity index (χ2n) is 2.32. The van der Waals surface area contributed by atoms with Crippen LogP contribution >= 0.6 is 0 Å². The molecule has 3 N–H and O–H groups in total. The molecule has 1 unspecified atom stereocenters. The van der Waals surface area contributed by atoms with E-state index in [2.05, 4.69) is 16.6 Å². The fraction of sp³-hybridized carbons (Fsp3) is 0.625. The summed E-state index contributed by atoms with van der Waals surface area (Å²) >= 11 is 0. The molecule has 0 bridgehead atoms. The van der Waals surface area contributed by atoms with Crippen LogP contribution in [0.25, 0.3) is 0 Å². The smallest absolute Gasteiger partial charge is 0.237 e. The van der Waals surface area contributed by atoms with Gasteiger partial charge in [0, 0.05) is 6.54 Å². The summed E-state index contributed by atoms with van der Waals surface area (Å²) in [7, 11) is 0. The first kappa shape index (κ1) is 11.0.